The minimum Gasteiger partial charge on any atom is -0.481 e. The molecule has 0 aliphatic carbocycles. The molecule has 13 heavy (non-hydrogen) atoms. The van der Waals surface area contributed by atoms with Crippen LogP contribution in [0.5, 0.6) is 0 Å². The Morgan fingerprint density at radius 1 is 1.46 bits per heavy atom. The minimum absolute atomic E-state index is 0.127. The van der Waals surface area contributed by atoms with Gasteiger partial charge in [-0.1, -0.05) is 27.2 Å². The second-order valence-electron chi connectivity index (χ2n) is 3.54. The van der Waals surface area contributed by atoms with Crippen LogP contribution in [0.2, 0.25) is 0 Å². The molecule has 0 aliphatic heterocycles. The molecule has 0 aliphatic rings. The van der Waals surface area contributed by atoms with Crippen molar-refractivity contribution >= 4 is 5.97 Å². The Morgan fingerprint density at radius 2 is 2.08 bits per heavy atom. The van der Waals surface area contributed by atoms with Gasteiger partial charge in [0.25, 0.3) is 0 Å². The maximum Gasteiger partial charge on any atom is 0.304 e. The van der Waals surface area contributed by atoms with Crippen molar-refractivity contribution in [1.82, 2.24) is 5.32 Å². The Hall–Kier alpha value is -0.570. The Labute approximate surface area is 80.5 Å². The molecule has 0 aromatic rings. The Kier molecular flexibility index (Phi) is 6.59. The fraction of sp³-hybridized carbons (Fsp3) is 0.900. The van der Waals surface area contributed by atoms with Gasteiger partial charge in [-0.3, -0.25) is 4.79 Å². The van der Waals surface area contributed by atoms with Crippen LogP contribution in [0, 0.1) is 5.92 Å². The highest BCUT2D eigenvalue weighted by atomic mass is 16.4. The van der Waals surface area contributed by atoms with E-state index in [-0.39, 0.29) is 12.5 Å². The van der Waals surface area contributed by atoms with Gasteiger partial charge in [-0.05, 0) is 18.9 Å². The van der Waals surface area contributed by atoms with Gasteiger partial charge in [0.1, 0.15) is 0 Å². The largest absolute Gasteiger partial charge is 0.481 e. The molecule has 0 fully saturated rings. The first kappa shape index (κ1) is 12.4. The molecular weight excluding hydrogens is 166 g/mol. The third-order valence-corrected chi connectivity index (χ3v) is 2.38. The molecule has 78 valence electrons. The molecule has 0 rings (SSSR count). The molecule has 0 saturated heterocycles. The van der Waals surface area contributed by atoms with Gasteiger partial charge in [0, 0.05) is 6.04 Å². The standard InChI is InChI=1S/C10H21NO2/c1-4-6-11-9(7-10(12)13)8(3)5-2/h8-9,11H,4-7H2,1-3H3,(H,12,13). The van der Waals surface area contributed by atoms with Crippen molar-refractivity contribution < 1.29 is 9.90 Å². The normalized spacial score (nSPS) is 15.3. The van der Waals surface area contributed by atoms with Gasteiger partial charge < -0.3 is 10.4 Å². The molecule has 0 radical (unpaired) electrons. The zero-order valence-electron chi connectivity index (χ0n) is 8.84. The van der Waals surface area contributed by atoms with E-state index in [0.717, 1.165) is 19.4 Å². The molecule has 0 bridgehead atoms. The predicted molar refractivity (Wildman–Crippen MR) is 53.8 cm³/mol. The summed E-state index contributed by atoms with van der Waals surface area (Å²) in [6, 6.07) is 0.127. The van der Waals surface area contributed by atoms with E-state index < -0.39 is 5.97 Å². The summed E-state index contributed by atoms with van der Waals surface area (Å²) in [6.07, 6.45) is 2.30. The molecule has 2 atom stereocenters. The lowest BCUT2D eigenvalue weighted by atomic mass is 9.96. The molecule has 0 aromatic carbocycles. The zero-order valence-corrected chi connectivity index (χ0v) is 8.84. The highest BCUT2D eigenvalue weighted by molar-refractivity contribution is 5.67. The molecule has 0 spiro atoms. The average molecular weight is 187 g/mol. The lowest BCUT2D eigenvalue weighted by molar-refractivity contribution is -0.137. The molecule has 0 aromatic heterocycles. The first-order valence-corrected chi connectivity index (χ1v) is 5.06. The predicted octanol–water partition coefficient (Wildman–Crippen LogP) is 1.88. The monoisotopic (exact) mass is 187 g/mol. The molecule has 2 unspecified atom stereocenters. The van der Waals surface area contributed by atoms with Crippen molar-refractivity contribution in [3.8, 4) is 0 Å². The van der Waals surface area contributed by atoms with Crippen molar-refractivity contribution in [3.05, 3.63) is 0 Å². The van der Waals surface area contributed by atoms with Crippen molar-refractivity contribution in [2.75, 3.05) is 6.54 Å². The second-order valence-corrected chi connectivity index (χ2v) is 3.54. The number of carboxylic acid groups (broad SMARTS) is 1. The zero-order chi connectivity index (χ0) is 10.3. The fourth-order valence-corrected chi connectivity index (χ4v) is 1.28. The Bertz CT molecular complexity index is 148. The highest BCUT2D eigenvalue weighted by Crippen LogP contribution is 2.10. The van der Waals surface area contributed by atoms with Crippen LogP contribution < -0.4 is 5.32 Å². The van der Waals surface area contributed by atoms with Crippen LogP contribution in [0.1, 0.15) is 40.0 Å². The number of hydrogen-bond donors (Lipinski definition) is 2. The van der Waals surface area contributed by atoms with E-state index in [1.165, 1.54) is 0 Å². The van der Waals surface area contributed by atoms with Crippen LogP contribution in [0.25, 0.3) is 0 Å². The van der Waals surface area contributed by atoms with E-state index in [9.17, 15) is 4.79 Å². The summed E-state index contributed by atoms with van der Waals surface area (Å²) in [6.45, 7) is 7.17. The molecule has 2 N–H and O–H groups in total. The minimum atomic E-state index is -0.714. The lowest BCUT2D eigenvalue weighted by Gasteiger charge is -2.22. The maximum atomic E-state index is 10.6. The van der Waals surface area contributed by atoms with E-state index in [1.54, 1.807) is 0 Å². The average Bonchev–Trinajstić information content (AvgIpc) is 2.10. The van der Waals surface area contributed by atoms with Crippen LogP contribution >= 0.6 is 0 Å². The van der Waals surface area contributed by atoms with Crippen LogP contribution in [-0.4, -0.2) is 23.7 Å². The first-order valence-electron chi connectivity index (χ1n) is 5.06. The number of carboxylic acids is 1. The summed E-state index contributed by atoms with van der Waals surface area (Å²) in [4.78, 5) is 10.6. The lowest BCUT2D eigenvalue weighted by Crippen LogP contribution is -2.37. The van der Waals surface area contributed by atoms with Crippen molar-refractivity contribution in [1.29, 1.82) is 0 Å². The summed E-state index contributed by atoms with van der Waals surface area (Å²) in [5, 5.41) is 12.0. The fourth-order valence-electron chi connectivity index (χ4n) is 1.28. The SMILES string of the molecule is CCCNC(CC(=O)O)C(C)CC. The summed E-state index contributed by atoms with van der Waals surface area (Å²) in [5.41, 5.74) is 0. The third-order valence-electron chi connectivity index (χ3n) is 2.38. The van der Waals surface area contributed by atoms with Crippen molar-refractivity contribution in [3.63, 3.8) is 0 Å². The van der Waals surface area contributed by atoms with E-state index in [2.05, 4.69) is 26.1 Å². The van der Waals surface area contributed by atoms with Gasteiger partial charge in [-0.25, -0.2) is 0 Å². The Balaban J connectivity index is 3.94. The number of carbonyl (C=O) groups is 1. The van der Waals surface area contributed by atoms with Gasteiger partial charge in [0.15, 0.2) is 0 Å². The third kappa shape index (κ3) is 5.64. The second kappa shape index (κ2) is 6.89. The van der Waals surface area contributed by atoms with Gasteiger partial charge >= 0.3 is 5.97 Å². The summed E-state index contributed by atoms with van der Waals surface area (Å²) < 4.78 is 0. The number of rotatable bonds is 7. The first-order chi connectivity index (χ1) is 6.11. The number of aliphatic carboxylic acids is 1. The van der Waals surface area contributed by atoms with E-state index >= 15 is 0 Å². The van der Waals surface area contributed by atoms with Gasteiger partial charge in [-0.2, -0.15) is 0 Å². The molecule has 3 heteroatoms. The molecule has 0 amide bonds. The molecule has 0 heterocycles. The quantitative estimate of drug-likeness (QED) is 0.639. The smallest absolute Gasteiger partial charge is 0.304 e. The van der Waals surface area contributed by atoms with E-state index in [4.69, 9.17) is 5.11 Å². The van der Waals surface area contributed by atoms with Crippen molar-refractivity contribution in [2.24, 2.45) is 5.92 Å². The maximum absolute atomic E-state index is 10.6. The molecule has 0 saturated carbocycles. The van der Waals surface area contributed by atoms with E-state index in [0.29, 0.717) is 5.92 Å². The van der Waals surface area contributed by atoms with Gasteiger partial charge in [-0.15, -0.1) is 0 Å². The van der Waals surface area contributed by atoms with Crippen LogP contribution in [0.4, 0.5) is 0 Å². The van der Waals surface area contributed by atoms with Crippen LogP contribution in [0.15, 0.2) is 0 Å². The van der Waals surface area contributed by atoms with Gasteiger partial charge in [0.05, 0.1) is 6.42 Å². The number of nitrogens with one attached hydrogen (secondary N) is 1. The summed E-state index contributed by atoms with van der Waals surface area (Å²) in [5.74, 6) is -0.281. The molecular formula is C10H21NO2. The van der Waals surface area contributed by atoms with Gasteiger partial charge in [0.2, 0.25) is 0 Å². The Morgan fingerprint density at radius 3 is 2.46 bits per heavy atom. The van der Waals surface area contributed by atoms with Crippen LogP contribution in [0.3, 0.4) is 0 Å². The summed E-state index contributed by atoms with van der Waals surface area (Å²) >= 11 is 0. The molecule has 3 nitrogen and oxygen atoms in total. The summed E-state index contributed by atoms with van der Waals surface area (Å²) in [7, 11) is 0. The van der Waals surface area contributed by atoms with Crippen molar-refractivity contribution in [2.45, 2.75) is 46.1 Å². The topological polar surface area (TPSA) is 49.3 Å². The van der Waals surface area contributed by atoms with E-state index in [1.807, 2.05) is 0 Å². The number of hydrogen-bond acceptors (Lipinski definition) is 2. The van der Waals surface area contributed by atoms with Crippen LogP contribution in [-0.2, 0) is 4.79 Å². The highest BCUT2D eigenvalue weighted by Gasteiger charge is 2.17.